The highest BCUT2D eigenvalue weighted by molar-refractivity contribution is 7.08. The zero-order valence-electron chi connectivity index (χ0n) is 12.8. The van der Waals surface area contributed by atoms with Crippen LogP contribution in [0.1, 0.15) is 29.9 Å². The van der Waals surface area contributed by atoms with Gasteiger partial charge in [0.1, 0.15) is 0 Å². The number of nitrogens with two attached hydrogens (primary N) is 1. The first kappa shape index (κ1) is 15.3. The van der Waals surface area contributed by atoms with Gasteiger partial charge in [0.05, 0.1) is 5.92 Å². The Hall–Kier alpha value is -1.65. The molecule has 3 atom stereocenters. The summed E-state index contributed by atoms with van der Waals surface area (Å²) in [5, 5.41) is 4.09. The van der Waals surface area contributed by atoms with Crippen molar-refractivity contribution in [1.29, 1.82) is 0 Å². The smallest absolute Gasteiger partial charge is 0.229 e. The molecule has 22 heavy (non-hydrogen) atoms. The summed E-state index contributed by atoms with van der Waals surface area (Å²) >= 11 is 1.64. The van der Waals surface area contributed by atoms with Gasteiger partial charge in [-0.1, -0.05) is 30.3 Å². The Balaban J connectivity index is 1.75. The van der Waals surface area contributed by atoms with Crippen molar-refractivity contribution >= 4 is 17.2 Å². The SMILES string of the molecule is CC(C(=O)N1C[C@@H](CN)[C@H](c2ccccc2)C1)c1ccsc1. The molecule has 1 saturated heterocycles. The molecule has 1 aromatic heterocycles. The van der Waals surface area contributed by atoms with Crippen LogP contribution in [0, 0.1) is 5.92 Å². The molecule has 0 saturated carbocycles. The molecule has 2 N–H and O–H groups in total. The summed E-state index contributed by atoms with van der Waals surface area (Å²) in [5.41, 5.74) is 8.36. The predicted molar refractivity (Wildman–Crippen MR) is 91.0 cm³/mol. The molecule has 2 aromatic rings. The molecule has 1 aliphatic rings. The van der Waals surface area contributed by atoms with Gasteiger partial charge in [0.2, 0.25) is 5.91 Å². The maximum atomic E-state index is 12.8. The molecule has 1 aliphatic heterocycles. The Kier molecular flexibility index (Phi) is 4.60. The van der Waals surface area contributed by atoms with Gasteiger partial charge in [-0.3, -0.25) is 4.79 Å². The number of thiophene rings is 1. The third kappa shape index (κ3) is 2.94. The van der Waals surface area contributed by atoms with Crippen molar-refractivity contribution in [2.24, 2.45) is 11.7 Å². The molecule has 3 nitrogen and oxygen atoms in total. The van der Waals surface area contributed by atoms with Crippen LogP contribution in [0.5, 0.6) is 0 Å². The molecule has 1 aromatic carbocycles. The lowest BCUT2D eigenvalue weighted by Gasteiger charge is -2.20. The van der Waals surface area contributed by atoms with Crippen LogP contribution >= 0.6 is 11.3 Å². The van der Waals surface area contributed by atoms with Crippen LogP contribution < -0.4 is 5.73 Å². The minimum absolute atomic E-state index is 0.0702. The fourth-order valence-electron chi connectivity index (χ4n) is 3.31. The monoisotopic (exact) mass is 314 g/mol. The van der Waals surface area contributed by atoms with Crippen LogP contribution in [0.3, 0.4) is 0 Å². The fraction of sp³-hybridized carbons (Fsp3) is 0.389. The molecule has 116 valence electrons. The van der Waals surface area contributed by atoms with E-state index < -0.39 is 0 Å². The van der Waals surface area contributed by atoms with Gasteiger partial charge in [0, 0.05) is 19.0 Å². The third-order valence-electron chi connectivity index (χ3n) is 4.70. The van der Waals surface area contributed by atoms with E-state index in [0.29, 0.717) is 18.4 Å². The van der Waals surface area contributed by atoms with Gasteiger partial charge in [-0.15, -0.1) is 0 Å². The van der Waals surface area contributed by atoms with E-state index in [2.05, 4.69) is 29.6 Å². The van der Waals surface area contributed by atoms with E-state index in [1.54, 1.807) is 11.3 Å². The Morgan fingerprint density at radius 1 is 1.32 bits per heavy atom. The molecule has 1 unspecified atom stereocenters. The van der Waals surface area contributed by atoms with Crippen molar-refractivity contribution in [3.63, 3.8) is 0 Å². The van der Waals surface area contributed by atoms with Crippen molar-refractivity contribution in [2.45, 2.75) is 18.8 Å². The Labute approximate surface area is 135 Å². The lowest BCUT2D eigenvalue weighted by atomic mass is 9.89. The Morgan fingerprint density at radius 3 is 2.73 bits per heavy atom. The molecule has 1 amide bonds. The summed E-state index contributed by atoms with van der Waals surface area (Å²) in [5.74, 6) is 0.848. The summed E-state index contributed by atoms with van der Waals surface area (Å²) in [6.45, 7) is 4.16. The largest absolute Gasteiger partial charge is 0.341 e. The van der Waals surface area contributed by atoms with E-state index in [1.807, 2.05) is 29.3 Å². The van der Waals surface area contributed by atoms with Gasteiger partial charge < -0.3 is 10.6 Å². The zero-order valence-corrected chi connectivity index (χ0v) is 13.6. The van der Waals surface area contributed by atoms with E-state index in [9.17, 15) is 4.79 Å². The van der Waals surface area contributed by atoms with E-state index in [-0.39, 0.29) is 11.8 Å². The number of carbonyl (C=O) groups excluding carboxylic acids is 1. The number of amides is 1. The maximum Gasteiger partial charge on any atom is 0.229 e. The van der Waals surface area contributed by atoms with Crippen LogP contribution in [0.2, 0.25) is 0 Å². The number of hydrogen-bond donors (Lipinski definition) is 1. The van der Waals surface area contributed by atoms with Crippen molar-refractivity contribution < 1.29 is 4.79 Å². The zero-order chi connectivity index (χ0) is 15.5. The van der Waals surface area contributed by atoms with Crippen molar-refractivity contribution in [3.8, 4) is 0 Å². The third-order valence-corrected chi connectivity index (χ3v) is 5.40. The first-order chi connectivity index (χ1) is 10.7. The molecule has 1 fully saturated rings. The molecule has 0 bridgehead atoms. The Morgan fingerprint density at radius 2 is 2.09 bits per heavy atom. The number of nitrogens with zero attached hydrogens (tertiary/aromatic N) is 1. The highest BCUT2D eigenvalue weighted by Crippen LogP contribution is 2.34. The average molecular weight is 314 g/mol. The topological polar surface area (TPSA) is 46.3 Å². The molecule has 0 aliphatic carbocycles. The van der Waals surface area contributed by atoms with Crippen LogP contribution in [-0.2, 0) is 4.79 Å². The van der Waals surface area contributed by atoms with Gasteiger partial charge in [-0.05, 0) is 47.3 Å². The first-order valence-corrected chi connectivity index (χ1v) is 8.71. The summed E-state index contributed by atoms with van der Waals surface area (Å²) < 4.78 is 0. The van der Waals surface area contributed by atoms with Gasteiger partial charge in [0.25, 0.3) is 0 Å². The molecular formula is C18H22N2OS. The van der Waals surface area contributed by atoms with Gasteiger partial charge in [-0.2, -0.15) is 11.3 Å². The summed E-state index contributed by atoms with van der Waals surface area (Å²) in [6, 6.07) is 12.5. The molecule has 3 rings (SSSR count). The van der Waals surface area contributed by atoms with Gasteiger partial charge >= 0.3 is 0 Å². The Bertz CT molecular complexity index is 611. The van der Waals surface area contributed by atoms with Crippen LogP contribution in [0.4, 0.5) is 0 Å². The van der Waals surface area contributed by atoms with Gasteiger partial charge in [-0.25, -0.2) is 0 Å². The van der Waals surface area contributed by atoms with Crippen LogP contribution in [0.15, 0.2) is 47.2 Å². The number of hydrogen-bond acceptors (Lipinski definition) is 3. The van der Waals surface area contributed by atoms with E-state index >= 15 is 0 Å². The second kappa shape index (κ2) is 6.63. The number of likely N-dealkylation sites (tertiary alicyclic amines) is 1. The van der Waals surface area contributed by atoms with E-state index in [1.165, 1.54) is 5.56 Å². The fourth-order valence-corrected chi connectivity index (χ4v) is 4.06. The molecule has 0 radical (unpaired) electrons. The predicted octanol–water partition coefficient (Wildman–Crippen LogP) is 3.05. The van der Waals surface area contributed by atoms with Crippen molar-refractivity contribution in [3.05, 3.63) is 58.3 Å². The van der Waals surface area contributed by atoms with Crippen molar-refractivity contribution in [1.82, 2.24) is 4.90 Å². The second-order valence-electron chi connectivity index (χ2n) is 6.03. The maximum absolute atomic E-state index is 12.8. The number of rotatable bonds is 4. The summed E-state index contributed by atoms with van der Waals surface area (Å²) in [4.78, 5) is 14.8. The average Bonchev–Trinajstić information content (AvgIpc) is 3.23. The first-order valence-electron chi connectivity index (χ1n) is 7.76. The molecule has 4 heteroatoms. The van der Waals surface area contributed by atoms with Crippen LogP contribution in [-0.4, -0.2) is 30.4 Å². The normalized spacial score (nSPS) is 22.7. The van der Waals surface area contributed by atoms with Crippen molar-refractivity contribution in [2.75, 3.05) is 19.6 Å². The standard InChI is InChI=1S/C18H22N2OS/c1-13(15-7-8-22-12-15)18(21)20-10-16(9-19)17(11-20)14-5-3-2-4-6-14/h2-8,12-13,16-17H,9-11,19H2,1H3/t13?,16-,17+/m1/s1. The second-order valence-corrected chi connectivity index (χ2v) is 6.81. The van der Waals surface area contributed by atoms with Gasteiger partial charge in [0.15, 0.2) is 0 Å². The number of benzene rings is 1. The molecule has 0 spiro atoms. The highest BCUT2D eigenvalue weighted by atomic mass is 32.1. The summed E-state index contributed by atoms with van der Waals surface area (Å²) in [6.07, 6.45) is 0. The van der Waals surface area contributed by atoms with Crippen LogP contribution in [0.25, 0.3) is 0 Å². The molecule has 2 heterocycles. The lowest BCUT2D eigenvalue weighted by Crippen LogP contribution is -2.33. The van der Waals surface area contributed by atoms with E-state index in [0.717, 1.165) is 18.7 Å². The quantitative estimate of drug-likeness (QED) is 0.943. The minimum Gasteiger partial charge on any atom is -0.341 e. The van der Waals surface area contributed by atoms with E-state index in [4.69, 9.17) is 5.73 Å². The highest BCUT2D eigenvalue weighted by Gasteiger charge is 2.36. The molecular weight excluding hydrogens is 292 g/mol. The number of carbonyl (C=O) groups is 1. The minimum atomic E-state index is -0.0702. The lowest BCUT2D eigenvalue weighted by molar-refractivity contribution is -0.131. The summed E-state index contributed by atoms with van der Waals surface area (Å²) in [7, 11) is 0.